The molecule has 1 aliphatic heterocycles. The summed E-state index contributed by atoms with van der Waals surface area (Å²) < 4.78 is 10.5. The Morgan fingerprint density at radius 2 is 2.07 bits per heavy atom. The number of carbonyl (C=O) groups excluding carboxylic acids is 1. The first-order valence-corrected chi connectivity index (χ1v) is 9.24. The molecule has 3 rings (SSSR count). The van der Waals surface area contributed by atoms with Gasteiger partial charge in [-0.05, 0) is 30.7 Å². The Hall–Kier alpha value is -3.07. The number of benzene rings is 1. The number of ether oxygens (including phenoxy) is 2. The predicted molar refractivity (Wildman–Crippen MR) is 108 cm³/mol. The number of anilines is 3. The second-order valence-electron chi connectivity index (χ2n) is 6.39. The van der Waals surface area contributed by atoms with E-state index in [-0.39, 0.29) is 6.03 Å². The minimum absolute atomic E-state index is 0.261. The second kappa shape index (κ2) is 9.75. The van der Waals surface area contributed by atoms with E-state index in [9.17, 15) is 4.79 Å². The van der Waals surface area contributed by atoms with Gasteiger partial charge < -0.3 is 30.3 Å². The van der Waals surface area contributed by atoms with Gasteiger partial charge in [0.05, 0.1) is 32.2 Å². The van der Waals surface area contributed by atoms with Gasteiger partial charge in [0.15, 0.2) is 5.82 Å². The summed E-state index contributed by atoms with van der Waals surface area (Å²) >= 11 is 0. The van der Waals surface area contributed by atoms with Crippen LogP contribution in [0.25, 0.3) is 0 Å². The predicted octanol–water partition coefficient (Wildman–Crippen LogP) is 1.86. The zero-order valence-corrected chi connectivity index (χ0v) is 16.2. The molecule has 1 aromatic heterocycles. The van der Waals surface area contributed by atoms with E-state index >= 15 is 0 Å². The molecule has 0 bridgehead atoms. The van der Waals surface area contributed by atoms with Crippen molar-refractivity contribution in [2.24, 2.45) is 0 Å². The molecule has 2 amide bonds. The van der Waals surface area contributed by atoms with E-state index in [1.807, 2.05) is 31.2 Å². The van der Waals surface area contributed by atoms with Crippen molar-refractivity contribution >= 4 is 23.2 Å². The van der Waals surface area contributed by atoms with E-state index in [1.54, 1.807) is 13.3 Å². The van der Waals surface area contributed by atoms with Crippen LogP contribution in [0.5, 0.6) is 5.75 Å². The molecular weight excluding hydrogens is 360 g/mol. The van der Waals surface area contributed by atoms with Crippen molar-refractivity contribution in [3.05, 3.63) is 36.0 Å². The number of nitrogens with zero attached hydrogens (tertiary/aromatic N) is 3. The van der Waals surface area contributed by atoms with Crippen molar-refractivity contribution in [2.45, 2.75) is 6.92 Å². The normalized spacial score (nSPS) is 13.7. The van der Waals surface area contributed by atoms with E-state index in [0.717, 1.165) is 49.0 Å². The van der Waals surface area contributed by atoms with Crippen LogP contribution < -0.4 is 25.6 Å². The van der Waals surface area contributed by atoms with E-state index in [1.165, 1.54) is 0 Å². The third kappa shape index (κ3) is 5.46. The number of aromatic nitrogens is 2. The first-order valence-electron chi connectivity index (χ1n) is 9.24. The van der Waals surface area contributed by atoms with Crippen LogP contribution in [-0.2, 0) is 4.74 Å². The number of amides is 2. The third-order valence-corrected chi connectivity index (χ3v) is 4.41. The topological polar surface area (TPSA) is 101 Å². The largest absolute Gasteiger partial charge is 0.497 e. The molecule has 0 atom stereocenters. The van der Waals surface area contributed by atoms with Crippen LogP contribution >= 0.6 is 0 Å². The highest BCUT2D eigenvalue weighted by Crippen LogP contribution is 2.21. The highest BCUT2D eigenvalue weighted by Gasteiger charge is 2.12. The number of urea groups is 1. The van der Waals surface area contributed by atoms with Gasteiger partial charge in [-0.15, -0.1) is 5.10 Å². The minimum atomic E-state index is -0.261. The van der Waals surface area contributed by atoms with Crippen LogP contribution in [0.15, 0.2) is 30.5 Å². The number of hydrogen-bond acceptors (Lipinski definition) is 7. The van der Waals surface area contributed by atoms with Gasteiger partial charge in [0.25, 0.3) is 0 Å². The van der Waals surface area contributed by atoms with Crippen molar-refractivity contribution in [1.29, 1.82) is 0 Å². The molecule has 0 spiro atoms. The highest BCUT2D eigenvalue weighted by atomic mass is 16.5. The first kappa shape index (κ1) is 19.7. The molecule has 1 aliphatic rings. The average Bonchev–Trinajstić information content (AvgIpc) is 2.73. The molecule has 2 heterocycles. The van der Waals surface area contributed by atoms with E-state index in [4.69, 9.17) is 9.47 Å². The average molecular weight is 386 g/mol. The van der Waals surface area contributed by atoms with Crippen LogP contribution in [0, 0.1) is 6.92 Å². The summed E-state index contributed by atoms with van der Waals surface area (Å²) in [6, 6.07) is 7.20. The van der Waals surface area contributed by atoms with Gasteiger partial charge in [-0.2, -0.15) is 5.10 Å². The summed E-state index contributed by atoms with van der Waals surface area (Å²) in [6.45, 7) is 6.03. The maximum absolute atomic E-state index is 12.1. The van der Waals surface area contributed by atoms with Crippen molar-refractivity contribution in [1.82, 2.24) is 15.5 Å². The van der Waals surface area contributed by atoms with Gasteiger partial charge in [-0.25, -0.2) is 4.79 Å². The van der Waals surface area contributed by atoms with Gasteiger partial charge >= 0.3 is 6.03 Å². The molecule has 1 aromatic carbocycles. The van der Waals surface area contributed by atoms with Crippen molar-refractivity contribution in [3.8, 4) is 5.75 Å². The van der Waals surface area contributed by atoms with Gasteiger partial charge in [0, 0.05) is 37.9 Å². The third-order valence-electron chi connectivity index (χ3n) is 4.41. The minimum Gasteiger partial charge on any atom is -0.497 e. The van der Waals surface area contributed by atoms with Gasteiger partial charge in [0.2, 0.25) is 0 Å². The lowest BCUT2D eigenvalue weighted by atomic mass is 10.2. The molecule has 1 fully saturated rings. The van der Waals surface area contributed by atoms with Crippen LogP contribution in [0.1, 0.15) is 5.56 Å². The first-order chi connectivity index (χ1) is 13.7. The lowest BCUT2D eigenvalue weighted by Gasteiger charge is -2.28. The maximum atomic E-state index is 12.1. The van der Waals surface area contributed by atoms with E-state index in [2.05, 4.69) is 31.0 Å². The number of aryl methyl sites for hydroxylation is 1. The number of methoxy groups -OCH3 is 1. The summed E-state index contributed by atoms with van der Waals surface area (Å²) in [5.41, 5.74) is 2.69. The molecule has 9 heteroatoms. The molecule has 9 nitrogen and oxygen atoms in total. The monoisotopic (exact) mass is 386 g/mol. The highest BCUT2D eigenvalue weighted by molar-refractivity contribution is 5.90. The van der Waals surface area contributed by atoms with E-state index in [0.29, 0.717) is 18.9 Å². The number of morpholine rings is 1. The Labute approximate surface area is 164 Å². The maximum Gasteiger partial charge on any atom is 0.319 e. The van der Waals surface area contributed by atoms with Crippen molar-refractivity contribution in [3.63, 3.8) is 0 Å². The van der Waals surface area contributed by atoms with Gasteiger partial charge in [-0.1, -0.05) is 0 Å². The summed E-state index contributed by atoms with van der Waals surface area (Å²) in [5.74, 6) is 1.44. The summed E-state index contributed by atoms with van der Waals surface area (Å²) in [6.07, 6.45) is 1.75. The molecule has 3 N–H and O–H groups in total. The van der Waals surface area contributed by atoms with E-state index < -0.39 is 0 Å². The molecule has 1 saturated heterocycles. The van der Waals surface area contributed by atoms with Crippen molar-refractivity contribution < 1.29 is 14.3 Å². The van der Waals surface area contributed by atoms with Gasteiger partial charge in [-0.3, -0.25) is 0 Å². The van der Waals surface area contributed by atoms with Crippen molar-refractivity contribution in [2.75, 3.05) is 62.0 Å². The standard InChI is InChI=1S/C19H26N6O3/c1-14-11-16(27-2)3-4-17(14)23-19(26)21-6-5-20-18-12-15(13-22-24-18)25-7-9-28-10-8-25/h3-4,11-13H,5-10H2,1-2H3,(H,20,24)(H2,21,23,26). The fourth-order valence-corrected chi connectivity index (χ4v) is 2.87. The number of rotatable bonds is 7. The number of nitrogens with one attached hydrogen (secondary N) is 3. The number of hydrogen-bond donors (Lipinski definition) is 3. The Bertz CT molecular complexity index is 795. The Morgan fingerprint density at radius 1 is 1.25 bits per heavy atom. The second-order valence-corrected chi connectivity index (χ2v) is 6.39. The van der Waals surface area contributed by atoms with Crippen LogP contribution in [-0.4, -0.2) is 62.7 Å². The zero-order valence-electron chi connectivity index (χ0n) is 16.2. The Kier molecular flexibility index (Phi) is 6.85. The Morgan fingerprint density at radius 3 is 2.82 bits per heavy atom. The Balaban J connectivity index is 1.42. The summed E-state index contributed by atoms with van der Waals surface area (Å²) in [4.78, 5) is 14.3. The van der Waals surface area contributed by atoms with Crippen LogP contribution in [0.2, 0.25) is 0 Å². The van der Waals surface area contributed by atoms with Crippen LogP contribution in [0.3, 0.4) is 0 Å². The quantitative estimate of drug-likeness (QED) is 0.625. The van der Waals surface area contributed by atoms with Crippen LogP contribution in [0.4, 0.5) is 22.0 Å². The molecule has 0 unspecified atom stereocenters. The molecule has 28 heavy (non-hydrogen) atoms. The SMILES string of the molecule is COc1ccc(NC(=O)NCCNc2cc(N3CCOCC3)cnn2)c(C)c1. The van der Waals surface area contributed by atoms with Gasteiger partial charge in [0.1, 0.15) is 5.75 Å². The molecule has 0 radical (unpaired) electrons. The lowest BCUT2D eigenvalue weighted by molar-refractivity contribution is 0.122. The molecular formula is C19H26N6O3. The molecule has 0 saturated carbocycles. The fourth-order valence-electron chi connectivity index (χ4n) is 2.87. The number of carbonyl (C=O) groups is 1. The zero-order chi connectivity index (χ0) is 19.8. The summed E-state index contributed by atoms with van der Waals surface area (Å²) in [7, 11) is 1.61. The summed E-state index contributed by atoms with van der Waals surface area (Å²) in [5, 5.41) is 17.0. The molecule has 2 aromatic rings. The smallest absolute Gasteiger partial charge is 0.319 e. The molecule has 150 valence electrons. The lowest BCUT2D eigenvalue weighted by Crippen LogP contribution is -2.36. The fraction of sp³-hybridized carbons (Fsp3) is 0.421. The molecule has 0 aliphatic carbocycles.